The van der Waals surface area contributed by atoms with Crippen molar-refractivity contribution in [3.8, 4) is 0 Å². The Hall–Kier alpha value is -2.17. The van der Waals surface area contributed by atoms with Gasteiger partial charge in [-0.15, -0.1) is 0 Å². The molecule has 4 bridgehead atoms. The number of hydrogen-bond donors (Lipinski definition) is 1. The van der Waals surface area contributed by atoms with Crippen LogP contribution < -0.4 is 4.90 Å². The van der Waals surface area contributed by atoms with Gasteiger partial charge in [0.05, 0.1) is 12.2 Å². The molecule has 1 aliphatic heterocycles. The number of hydrogen-bond acceptors (Lipinski definition) is 3. The highest BCUT2D eigenvalue weighted by Crippen LogP contribution is 2.61. The van der Waals surface area contributed by atoms with E-state index in [1.165, 1.54) is 19.3 Å². The highest BCUT2D eigenvalue weighted by atomic mass is 35.5. The summed E-state index contributed by atoms with van der Waals surface area (Å²) < 4.78 is 0. The van der Waals surface area contributed by atoms with Gasteiger partial charge in [0.25, 0.3) is 5.91 Å². The molecule has 2 aromatic rings. The average molecular weight is 464 g/mol. The van der Waals surface area contributed by atoms with E-state index in [-0.39, 0.29) is 17.6 Å². The Kier molecular flexibility index (Phi) is 4.80. The molecule has 2 aromatic carbocycles. The number of Topliss-reactive ketones (excluding diaryl/α,β-unsaturated/α-hetero) is 1. The van der Waals surface area contributed by atoms with Crippen LogP contribution in [0.1, 0.15) is 61.6 Å². The second-order valence-corrected chi connectivity index (χ2v) is 11.6. The van der Waals surface area contributed by atoms with Crippen molar-refractivity contribution in [1.82, 2.24) is 0 Å². The number of ketones is 1. The number of anilines is 1. The molecule has 1 heterocycles. The molecule has 0 aromatic heterocycles. The van der Waals surface area contributed by atoms with Crippen molar-refractivity contribution in [2.75, 3.05) is 4.90 Å². The quantitative estimate of drug-likeness (QED) is 0.631. The van der Waals surface area contributed by atoms with Gasteiger partial charge in [0, 0.05) is 22.4 Å². The van der Waals surface area contributed by atoms with Crippen molar-refractivity contribution in [2.45, 2.75) is 64.0 Å². The van der Waals surface area contributed by atoms with Crippen LogP contribution in [-0.4, -0.2) is 16.8 Å². The number of halogens is 1. The molecular formula is C28H30ClNO3. The maximum atomic E-state index is 13.8. The largest absolute Gasteiger partial charge is 0.375 e. The summed E-state index contributed by atoms with van der Waals surface area (Å²) in [5.74, 6) is 1.55. The summed E-state index contributed by atoms with van der Waals surface area (Å²) in [5, 5.41) is 12.3. The molecule has 7 rings (SSSR count). The van der Waals surface area contributed by atoms with E-state index in [9.17, 15) is 14.7 Å². The standard InChI is InChI=1S/C28H30ClNO3/c1-17-2-4-18(5-3-17)16-30-24-7-6-22(29)11-23(24)28(33,26(30)32)15-25(31)27-12-19-8-20(13-27)10-21(9-19)14-27/h2-7,11,19-21,33H,8-10,12-16H2,1H3/t19?,20?,21?,27?,28-/m1/s1. The number of amides is 1. The van der Waals surface area contributed by atoms with Gasteiger partial charge in [-0.25, -0.2) is 0 Å². The maximum absolute atomic E-state index is 13.8. The Bertz CT molecular complexity index is 1110. The minimum atomic E-state index is -1.86. The highest BCUT2D eigenvalue weighted by Gasteiger charge is 2.58. The predicted molar refractivity (Wildman–Crippen MR) is 128 cm³/mol. The van der Waals surface area contributed by atoms with Crippen molar-refractivity contribution in [3.05, 3.63) is 64.2 Å². The van der Waals surface area contributed by atoms with Gasteiger partial charge in [0.1, 0.15) is 5.78 Å². The molecule has 1 atom stereocenters. The van der Waals surface area contributed by atoms with E-state index < -0.39 is 11.5 Å². The van der Waals surface area contributed by atoms with Gasteiger partial charge >= 0.3 is 0 Å². The number of carbonyl (C=O) groups excluding carboxylic acids is 2. The molecule has 5 aliphatic rings. The number of fused-ring (bicyclic) bond motifs is 1. The Morgan fingerprint density at radius 3 is 2.24 bits per heavy atom. The number of benzene rings is 2. The first-order valence-corrected chi connectivity index (χ1v) is 12.6. The number of rotatable bonds is 5. The lowest BCUT2D eigenvalue weighted by atomic mass is 9.48. The number of aliphatic hydroxyl groups is 1. The van der Waals surface area contributed by atoms with Crippen LogP contribution in [0.5, 0.6) is 0 Å². The normalized spacial score (nSPS) is 34.1. The molecule has 172 valence electrons. The SMILES string of the molecule is Cc1ccc(CN2C(=O)[C@@](O)(CC(=O)C34CC5CC(CC(C5)C3)C4)c3cc(Cl)ccc32)cc1. The van der Waals surface area contributed by atoms with Crippen molar-refractivity contribution in [3.63, 3.8) is 0 Å². The maximum Gasteiger partial charge on any atom is 0.264 e. The molecular weight excluding hydrogens is 434 g/mol. The second-order valence-electron chi connectivity index (χ2n) is 11.2. The Morgan fingerprint density at radius 2 is 1.64 bits per heavy atom. The molecule has 33 heavy (non-hydrogen) atoms. The summed E-state index contributed by atoms with van der Waals surface area (Å²) in [4.78, 5) is 29.2. The molecule has 4 aliphatic carbocycles. The van der Waals surface area contributed by atoms with Crippen molar-refractivity contribution >= 4 is 29.0 Å². The number of carbonyl (C=O) groups is 2. The van der Waals surface area contributed by atoms with Gasteiger partial charge in [-0.3, -0.25) is 9.59 Å². The number of nitrogens with zero attached hydrogens (tertiary/aromatic N) is 1. The fourth-order valence-electron chi connectivity index (χ4n) is 7.60. The summed E-state index contributed by atoms with van der Waals surface area (Å²) in [6.45, 7) is 2.37. The summed E-state index contributed by atoms with van der Waals surface area (Å²) >= 11 is 6.29. The van der Waals surface area contributed by atoms with E-state index in [0.717, 1.165) is 30.4 Å². The molecule has 4 nitrogen and oxygen atoms in total. The Morgan fingerprint density at radius 1 is 1.03 bits per heavy atom. The Labute approximate surface area is 199 Å². The van der Waals surface area contributed by atoms with Crippen LogP contribution >= 0.6 is 11.6 Å². The molecule has 4 fully saturated rings. The smallest absolute Gasteiger partial charge is 0.264 e. The molecule has 4 saturated carbocycles. The molecule has 1 N–H and O–H groups in total. The average Bonchev–Trinajstić information content (AvgIpc) is 2.96. The lowest BCUT2D eigenvalue weighted by Gasteiger charge is -2.56. The molecule has 0 spiro atoms. The minimum absolute atomic E-state index is 0.0700. The van der Waals surface area contributed by atoms with Crippen LogP contribution in [0.3, 0.4) is 0 Å². The summed E-state index contributed by atoms with van der Waals surface area (Å²) in [6, 6.07) is 13.2. The third-order valence-electron chi connectivity index (χ3n) is 8.80. The zero-order valence-corrected chi connectivity index (χ0v) is 19.8. The fourth-order valence-corrected chi connectivity index (χ4v) is 7.77. The first-order valence-electron chi connectivity index (χ1n) is 12.2. The van der Waals surface area contributed by atoms with E-state index in [1.807, 2.05) is 31.2 Å². The van der Waals surface area contributed by atoms with Crippen molar-refractivity contribution in [1.29, 1.82) is 0 Å². The molecule has 0 unspecified atom stereocenters. The zero-order valence-electron chi connectivity index (χ0n) is 19.0. The van der Waals surface area contributed by atoms with Crippen molar-refractivity contribution in [2.24, 2.45) is 23.2 Å². The van der Waals surface area contributed by atoms with Gasteiger partial charge in [-0.05, 0) is 87.0 Å². The third-order valence-corrected chi connectivity index (χ3v) is 9.04. The monoisotopic (exact) mass is 463 g/mol. The third kappa shape index (κ3) is 3.37. The van der Waals surface area contributed by atoms with Crippen LogP contribution in [0.25, 0.3) is 0 Å². The topological polar surface area (TPSA) is 57.6 Å². The summed E-state index contributed by atoms with van der Waals surface area (Å²) in [7, 11) is 0. The van der Waals surface area contributed by atoms with Crippen LogP contribution in [-0.2, 0) is 21.7 Å². The van der Waals surface area contributed by atoms with Gasteiger partial charge in [-0.2, -0.15) is 0 Å². The lowest BCUT2D eigenvalue weighted by Crippen LogP contribution is -2.52. The zero-order chi connectivity index (χ0) is 23.0. The van der Waals surface area contributed by atoms with E-state index in [0.29, 0.717) is 40.6 Å². The molecule has 0 saturated heterocycles. The van der Waals surface area contributed by atoms with Crippen LogP contribution in [0.2, 0.25) is 5.02 Å². The molecule has 1 amide bonds. The summed E-state index contributed by atoms with van der Waals surface area (Å²) in [5.41, 5.74) is 1.03. The number of aryl methyl sites for hydroxylation is 1. The van der Waals surface area contributed by atoms with Crippen LogP contribution in [0.15, 0.2) is 42.5 Å². The van der Waals surface area contributed by atoms with E-state index in [4.69, 9.17) is 11.6 Å². The van der Waals surface area contributed by atoms with Gasteiger partial charge in [-0.1, -0.05) is 41.4 Å². The lowest BCUT2D eigenvalue weighted by molar-refractivity contribution is -0.154. The first-order chi connectivity index (χ1) is 15.8. The summed E-state index contributed by atoms with van der Waals surface area (Å²) in [6.07, 6.45) is 6.37. The van der Waals surface area contributed by atoms with Crippen molar-refractivity contribution < 1.29 is 14.7 Å². The van der Waals surface area contributed by atoms with E-state index in [1.54, 1.807) is 23.1 Å². The fraction of sp³-hybridized carbons (Fsp3) is 0.500. The predicted octanol–water partition coefficient (Wildman–Crippen LogP) is 5.56. The Balaban J connectivity index is 1.33. The van der Waals surface area contributed by atoms with Gasteiger partial charge in [0.2, 0.25) is 0 Å². The van der Waals surface area contributed by atoms with Crippen LogP contribution in [0, 0.1) is 30.1 Å². The van der Waals surface area contributed by atoms with Gasteiger partial charge < -0.3 is 10.0 Å². The minimum Gasteiger partial charge on any atom is -0.375 e. The molecule has 5 heteroatoms. The van der Waals surface area contributed by atoms with E-state index >= 15 is 0 Å². The second kappa shape index (κ2) is 7.41. The van der Waals surface area contributed by atoms with E-state index in [2.05, 4.69) is 0 Å². The van der Waals surface area contributed by atoms with Crippen LogP contribution in [0.4, 0.5) is 5.69 Å². The molecule has 0 radical (unpaired) electrons. The van der Waals surface area contributed by atoms with Gasteiger partial charge in [0.15, 0.2) is 5.60 Å². The first kappa shape index (κ1) is 21.4. The highest BCUT2D eigenvalue weighted by molar-refractivity contribution is 6.31.